The van der Waals surface area contributed by atoms with Gasteiger partial charge in [-0.3, -0.25) is 0 Å². The molecule has 1 fully saturated rings. The lowest BCUT2D eigenvalue weighted by atomic mass is 10.1. The molecule has 0 bridgehead atoms. The number of primary sulfonamides is 1. The lowest BCUT2D eigenvalue weighted by Crippen LogP contribution is -2.31. The first-order chi connectivity index (χ1) is 8.56. The van der Waals surface area contributed by atoms with Gasteiger partial charge in [0.2, 0.25) is 10.0 Å². The van der Waals surface area contributed by atoms with Crippen molar-refractivity contribution in [3.05, 3.63) is 54.6 Å². The van der Waals surface area contributed by atoms with Crippen LogP contribution in [0.3, 0.4) is 0 Å². The first kappa shape index (κ1) is 11.4. The van der Waals surface area contributed by atoms with E-state index in [1.54, 1.807) is 35.4 Å². The monoisotopic (exact) mass is 263 g/mol. The van der Waals surface area contributed by atoms with Crippen molar-refractivity contribution in [3.63, 3.8) is 0 Å². The van der Waals surface area contributed by atoms with E-state index in [1.807, 2.05) is 18.2 Å². The molecule has 0 spiro atoms. The van der Waals surface area contributed by atoms with Crippen molar-refractivity contribution in [2.75, 3.05) is 0 Å². The molecule has 1 heterocycles. The average Bonchev–Trinajstić information content (AvgIpc) is 2.90. The topological polar surface area (TPSA) is 78.0 Å². The maximum atomic E-state index is 12.0. The van der Waals surface area contributed by atoms with Crippen molar-refractivity contribution in [1.82, 2.24) is 9.55 Å². The van der Waals surface area contributed by atoms with Gasteiger partial charge in [0.25, 0.3) is 0 Å². The zero-order chi connectivity index (χ0) is 12.8. The summed E-state index contributed by atoms with van der Waals surface area (Å²) in [4.78, 5) is 3.95. The second kappa shape index (κ2) is 3.66. The lowest BCUT2D eigenvalue weighted by molar-refractivity contribution is 0.568. The number of sulfonamides is 1. The van der Waals surface area contributed by atoms with Gasteiger partial charge < -0.3 is 4.57 Å². The molecule has 0 amide bonds. The number of hydrogen-bond acceptors (Lipinski definition) is 3. The lowest BCUT2D eigenvalue weighted by Gasteiger charge is -2.15. The molecule has 1 aromatic heterocycles. The molecule has 1 aromatic carbocycles. The smallest absolute Gasteiger partial charge is 0.221 e. The van der Waals surface area contributed by atoms with Gasteiger partial charge in [0.15, 0.2) is 0 Å². The van der Waals surface area contributed by atoms with Crippen molar-refractivity contribution in [2.45, 2.75) is 17.2 Å². The molecule has 5 nitrogen and oxygen atoms in total. The molecule has 1 aliphatic carbocycles. The van der Waals surface area contributed by atoms with E-state index in [1.165, 1.54) is 0 Å². The Morgan fingerprint density at radius 1 is 1.33 bits per heavy atom. The Morgan fingerprint density at radius 2 is 2.06 bits per heavy atom. The fourth-order valence-electron chi connectivity index (χ4n) is 2.53. The molecule has 0 aliphatic heterocycles. The van der Waals surface area contributed by atoms with Crippen LogP contribution in [0.15, 0.2) is 49.1 Å². The zero-order valence-electron chi connectivity index (χ0n) is 9.60. The Labute approximate surface area is 105 Å². The van der Waals surface area contributed by atoms with Crippen LogP contribution < -0.4 is 5.14 Å². The van der Waals surface area contributed by atoms with E-state index in [0.717, 1.165) is 5.56 Å². The molecule has 18 heavy (non-hydrogen) atoms. The number of nitrogens with two attached hydrogens (primary N) is 1. The van der Waals surface area contributed by atoms with Crippen molar-refractivity contribution in [2.24, 2.45) is 5.14 Å². The highest BCUT2D eigenvalue weighted by atomic mass is 32.2. The molecule has 2 aromatic rings. The normalized spacial score (nSPS) is 27.1. The fraction of sp³-hybridized carbons (Fsp3) is 0.250. The minimum absolute atomic E-state index is 0.169. The average molecular weight is 263 g/mol. The van der Waals surface area contributed by atoms with E-state index in [9.17, 15) is 8.42 Å². The Balaban J connectivity index is 2.10. The zero-order valence-corrected chi connectivity index (χ0v) is 10.4. The van der Waals surface area contributed by atoms with E-state index in [2.05, 4.69) is 4.98 Å². The summed E-state index contributed by atoms with van der Waals surface area (Å²) in [5.74, 6) is 0. The van der Waals surface area contributed by atoms with Gasteiger partial charge >= 0.3 is 0 Å². The minimum atomic E-state index is -3.67. The van der Waals surface area contributed by atoms with Crippen LogP contribution in [-0.2, 0) is 14.8 Å². The van der Waals surface area contributed by atoms with Crippen LogP contribution in [0.5, 0.6) is 0 Å². The molecule has 6 heteroatoms. The molecule has 2 N–H and O–H groups in total. The summed E-state index contributed by atoms with van der Waals surface area (Å²) < 4.78 is 24.7. The second-order valence-corrected chi connectivity index (χ2v) is 6.35. The summed E-state index contributed by atoms with van der Waals surface area (Å²) in [5.41, 5.74) is 0.742. The molecule has 3 rings (SSSR count). The van der Waals surface area contributed by atoms with Gasteiger partial charge in [-0.2, -0.15) is 0 Å². The molecule has 2 atom stereocenters. The highest BCUT2D eigenvalue weighted by Crippen LogP contribution is 2.60. The van der Waals surface area contributed by atoms with Gasteiger partial charge in [-0.25, -0.2) is 18.5 Å². The summed E-state index contributed by atoms with van der Waals surface area (Å²) in [6.07, 6.45) is 5.52. The highest BCUT2D eigenvalue weighted by molar-refractivity contribution is 7.90. The van der Waals surface area contributed by atoms with Crippen molar-refractivity contribution < 1.29 is 8.42 Å². The summed E-state index contributed by atoms with van der Waals surface area (Å²) >= 11 is 0. The van der Waals surface area contributed by atoms with Crippen LogP contribution in [0.25, 0.3) is 0 Å². The van der Waals surface area contributed by atoms with Gasteiger partial charge in [-0.15, -0.1) is 0 Å². The Kier molecular flexibility index (Phi) is 2.33. The molecule has 0 radical (unpaired) electrons. The van der Waals surface area contributed by atoms with Crippen LogP contribution in [0.4, 0.5) is 0 Å². The number of rotatable bonds is 3. The van der Waals surface area contributed by atoms with Crippen LogP contribution in [-0.4, -0.2) is 18.0 Å². The van der Waals surface area contributed by atoms with Gasteiger partial charge in [-0.05, 0) is 12.0 Å². The van der Waals surface area contributed by atoms with Crippen LogP contribution in [0.2, 0.25) is 0 Å². The van der Waals surface area contributed by atoms with Crippen molar-refractivity contribution >= 4 is 10.0 Å². The quantitative estimate of drug-likeness (QED) is 0.897. The SMILES string of the molecule is NS(=O)(=O)C1(c2ccccc2)CC1n1ccnc1. The third-order valence-electron chi connectivity index (χ3n) is 3.53. The highest BCUT2D eigenvalue weighted by Gasteiger charge is 2.64. The fourth-order valence-corrected chi connectivity index (χ4v) is 3.88. The van der Waals surface area contributed by atoms with E-state index in [0.29, 0.717) is 6.42 Å². The number of imidazole rings is 1. The standard InChI is InChI=1S/C12H13N3O2S/c13-18(16,17)12(10-4-2-1-3-5-10)8-11(12)15-7-6-14-9-15/h1-7,9,11H,8H2,(H2,13,16,17). The third kappa shape index (κ3) is 1.49. The molecule has 94 valence electrons. The molecular formula is C12H13N3O2S. The van der Waals surface area contributed by atoms with Gasteiger partial charge in [0.1, 0.15) is 4.75 Å². The number of hydrogen-bond donors (Lipinski definition) is 1. The van der Waals surface area contributed by atoms with Crippen molar-refractivity contribution in [3.8, 4) is 0 Å². The Bertz CT molecular complexity index is 652. The minimum Gasteiger partial charge on any atom is -0.332 e. The number of aromatic nitrogens is 2. The first-order valence-corrected chi connectivity index (χ1v) is 7.15. The van der Waals surface area contributed by atoms with Gasteiger partial charge in [0, 0.05) is 12.4 Å². The molecule has 1 aliphatic rings. The maximum absolute atomic E-state index is 12.0. The summed E-state index contributed by atoms with van der Waals surface area (Å²) in [7, 11) is -3.67. The van der Waals surface area contributed by atoms with E-state index < -0.39 is 14.8 Å². The van der Waals surface area contributed by atoms with E-state index in [-0.39, 0.29) is 6.04 Å². The van der Waals surface area contributed by atoms with Gasteiger partial charge in [-0.1, -0.05) is 30.3 Å². The van der Waals surface area contributed by atoms with Crippen LogP contribution in [0, 0.1) is 0 Å². The predicted octanol–water partition coefficient (Wildman–Crippen LogP) is 1.01. The number of nitrogens with zero attached hydrogens (tertiary/aromatic N) is 2. The Hall–Kier alpha value is -1.66. The van der Waals surface area contributed by atoms with Crippen LogP contribution >= 0.6 is 0 Å². The number of benzene rings is 1. The second-order valence-electron chi connectivity index (χ2n) is 4.53. The summed E-state index contributed by atoms with van der Waals surface area (Å²) in [5, 5.41) is 5.44. The molecule has 0 saturated heterocycles. The summed E-state index contributed by atoms with van der Waals surface area (Å²) in [6.45, 7) is 0. The van der Waals surface area contributed by atoms with E-state index >= 15 is 0 Å². The maximum Gasteiger partial charge on any atom is 0.221 e. The molecule has 1 saturated carbocycles. The largest absolute Gasteiger partial charge is 0.332 e. The van der Waals surface area contributed by atoms with Gasteiger partial charge in [0.05, 0.1) is 12.4 Å². The molecule has 2 unspecified atom stereocenters. The third-order valence-corrected chi connectivity index (χ3v) is 5.22. The van der Waals surface area contributed by atoms with Crippen LogP contribution in [0.1, 0.15) is 18.0 Å². The molecular weight excluding hydrogens is 250 g/mol. The Morgan fingerprint density at radius 3 is 2.61 bits per heavy atom. The summed E-state index contributed by atoms with van der Waals surface area (Å²) in [6, 6.07) is 8.95. The van der Waals surface area contributed by atoms with E-state index in [4.69, 9.17) is 5.14 Å². The first-order valence-electron chi connectivity index (χ1n) is 5.61. The predicted molar refractivity (Wildman–Crippen MR) is 67.1 cm³/mol. The van der Waals surface area contributed by atoms with Crippen molar-refractivity contribution in [1.29, 1.82) is 0 Å².